The van der Waals surface area contributed by atoms with Crippen LogP contribution < -0.4 is 10.5 Å². The van der Waals surface area contributed by atoms with Gasteiger partial charge in [-0.1, -0.05) is 67.6 Å². The molecule has 1 fully saturated rings. The summed E-state index contributed by atoms with van der Waals surface area (Å²) in [6, 6.07) is 21.7. The van der Waals surface area contributed by atoms with Crippen LogP contribution in [0.1, 0.15) is 37.3 Å². The molecule has 2 aliphatic rings. The normalized spacial score (nSPS) is 20.7. The van der Waals surface area contributed by atoms with E-state index in [1.807, 2.05) is 42.5 Å². The van der Waals surface area contributed by atoms with Gasteiger partial charge in [-0.05, 0) is 42.7 Å². The third-order valence-corrected chi connectivity index (χ3v) is 8.68. The van der Waals surface area contributed by atoms with Gasteiger partial charge in [0.05, 0.1) is 42.2 Å². The van der Waals surface area contributed by atoms with Gasteiger partial charge < -0.3 is 20.0 Å². The largest absolute Gasteiger partial charge is 0.394 e. The van der Waals surface area contributed by atoms with Crippen LogP contribution in [-0.4, -0.2) is 55.9 Å². The standard InChI is InChI=1S/C34H34N4O5/c1-23(8-6-14-31(40)36-19-7-10-27(36)22-39)34(43)29-12-4-5-13-30(29)37(33(34)42)21-24-15-17-26(18-16-24)38-32(41)28-11-3-2-9-25(28)20-35-38/h2-6,8-9,11-13,15-18,20,23,27,39,43H,7,10,14,19,21-22H2,1H3/b8-6+/t23-,27-,34+/m0/s1. The molecular formula is C34H34N4O5. The highest BCUT2D eigenvalue weighted by molar-refractivity contribution is 6.07. The fourth-order valence-corrected chi connectivity index (χ4v) is 6.24. The van der Waals surface area contributed by atoms with Crippen molar-refractivity contribution < 1.29 is 19.8 Å². The zero-order chi connectivity index (χ0) is 30.1. The van der Waals surface area contributed by atoms with Gasteiger partial charge in [-0.25, -0.2) is 0 Å². The number of anilines is 1. The molecule has 9 heteroatoms. The molecule has 2 amide bonds. The van der Waals surface area contributed by atoms with Gasteiger partial charge in [-0.3, -0.25) is 14.4 Å². The lowest BCUT2D eigenvalue weighted by Gasteiger charge is -2.28. The van der Waals surface area contributed by atoms with Crippen LogP contribution in [0.5, 0.6) is 0 Å². The van der Waals surface area contributed by atoms with Crippen LogP contribution in [-0.2, 0) is 21.7 Å². The van der Waals surface area contributed by atoms with Crippen molar-refractivity contribution in [2.75, 3.05) is 18.1 Å². The molecule has 0 spiro atoms. The van der Waals surface area contributed by atoms with E-state index in [0.29, 0.717) is 28.9 Å². The number of hydrogen-bond donors (Lipinski definition) is 2. The highest BCUT2D eigenvalue weighted by Crippen LogP contribution is 2.45. The molecule has 9 nitrogen and oxygen atoms in total. The average molecular weight is 579 g/mol. The van der Waals surface area contributed by atoms with Gasteiger partial charge in [-0.2, -0.15) is 9.78 Å². The first-order valence-electron chi connectivity index (χ1n) is 14.6. The van der Waals surface area contributed by atoms with Crippen molar-refractivity contribution in [1.82, 2.24) is 14.7 Å². The number of amides is 2. The number of aliphatic hydroxyl groups is 2. The van der Waals surface area contributed by atoms with E-state index < -0.39 is 17.4 Å². The van der Waals surface area contributed by atoms with Gasteiger partial charge in [0, 0.05) is 29.8 Å². The Bertz CT molecular complexity index is 1760. The molecule has 0 bridgehead atoms. The Morgan fingerprint density at radius 1 is 1.07 bits per heavy atom. The molecule has 0 unspecified atom stereocenters. The number of benzene rings is 3. The molecule has 4 aromatic rings. The Labute approximate surface area is 249 Å². The van der Waals surface area contributed by atoms with E-state index in [4.69, 9.17) is 0 Å². The molecule has 2 aliphatic heterocycles. The number of para-hydroxylation sites is 1. The fraction of sp³-hybridized carbons (Fsp3) is 0.294. The van der Waals surface area contributed by atoms with E-state index in [2.05, 4.69) is 5.10 Å². The molecule has 2 N–H and O–H groups in total. The Morgan fingerprint density at radius 2 is 1.81 bits per heavy atom. The van der Waals surface area contributed by atoms with Gasteiger partial charge in [-0.15, -0.1) is 0 Å². The van der Waals surface area contributed by atoms with Crippen LogP contribution in [0.15, 0.2) is 95.9 Å². The summed E-state index contributed by atoms with van der Waals surface area (Å²) in [7, 11) is 0. The van der Waals surface area contributed by atoms with Crippen molar-refractivity contribution in [2.45, 2.75) is 44.4 Å². The maximum atomic E-state index is 13.9. The van der Waals surface area contributed by atoms with Gasteiger partial charge in [0.25, 0.3) is 11.5 Å². The third-order valence-electron chi connectivity index (χ3n) is 8.68. The quantitative estimate of drug-likeness (QED) is 0.308. The molecule has 43 heavy (non-hydrogen) atoms. The van der Waals surface area contributed by atoms with E-state index >= 15 is 0 Å². The number of hydrogen-bond acceptors (Lipinski definition) is 6. The monoisotopic (exact) mass is 578 g/mol. The molecule has 3 atom stereocenters. The molecule has 1 saturated heterocycles. The lowest BCUT2D eigenvalue weighted by Crippen LogP contribution is -2.44. The number of likely N-dealkylation sites (tertiary alicyclic amines) is 1. The second-order valence-electron chi connectivity index (χ2n) is 11.3. The fourth-order valence-electron chi connectivity index (χ4n) is 6.24. The van der Waals surface area contributed by atoms with Gasteiger partial charge in [0.1, 0.15) is 0 Å². The number of fused-ring (bicyclic) bond motifs is 2. The lowest BCUT2D eigenvalue weighted by molar-refractivity contribution is -0.139. The minimum atomic E-state index is -1.79. The molecular weight excluding hydrogens is 544 g/mol. The summed E-state index contributed by atoms with van der Waals surface area (Å²) in [5.41, 5.74) is 0.578. The van der Waals surface area contributed by atoms with Crippen LogP contribution >= 0.6 is 0 Å². The SMILES string of the molecule is C[C@@H](/C=C/CC(=O)N1CCC[C@H]1CO)[C@]1(O)C(=O)N(Cc2ccc(-n3ncc4ccccc4c3=O)cc2)c2ccccc21. The number of aromatic nitrogens is 2. The first-order valence-corrected chi connectivity index (χ1v) is 14.6. The van der Waals surface area contributed by atoms with Crippen LogP contribution in [0.2, 0.25) is 0 Å². The van der Waals surface area contributed by atoms with Crippen molar-refractivity contribution in [3.05, 3.63) is 113 Å². The first-order chi connectivity index (χ1) is 20.8. The molecule has 1 aromatic heterocycles. The highest BCUT2D eigenvalue weighted by Gasteiger charge is 2.52. The number of aliphatic hydroxyl groups excluding tert-OH is 1. The van der Waals surface area contributed by atoms with Crippen molar-refractivity contribution in [2.24, 2.45) is 5.92 Å². The van der Waals surface area contributed by atoms with Crippen LogP contribution in [0.4, 0.5) is 5.69 Å². The highest BCUT2D eigenvalue weighted by atomic mass is 16.3. The van der Waals surface area contributed by atoms with E-state index in [9.17, 15) is 24.6 Å². The molecule has 220 valence electrons. The Morgan fingerprint density at radius 3 is 2.60 bits per heavy atom. The van der Waals surface area contributed by atoms with Crippen molar-refractivity contribution in [3.63, 3.8) is 0 Å². The topological polar surface area (TPSA) is 116 Å². The average Bonchev–Trinajstić information content (AvgIpc) is 3.60. The zero-order valence-electron chi connectivity index (χ0n) is 24.0. The van der Waals surface area contributed by atoms with Crippen LogP contribution in [0, 0.1) is 5.92 Å². The third kappa shape index (κ3) is 5.04. The van der Waals surface area contributed by atoms with Crippen LogP contribution in [0.3, 0.4) is 0 Å². The second kappa shape index (κ2) is 11.6. The summed E-state index contributed by atoms with van der Waals surface area (Å²) in [5.74, 6) is -1.11. The van der Waals surface area contributed by atoms with Crippen molar-refractivity contribution in [3.8, 4) is 5.69 Å². The summed E-state index contributed by atoms with van der Waals surface area (Å²) in [5, 5.41) is 27.1. The summed E-state index contributed by atoms with van der Waals surface area (Å²) >= 11 is 0. The van der Waals surface area contributed by atoms with E-state index in [1.54, 1.807) is 65.4 Å². The molecule has 3 heterocycles. The summed E-state index contributed by atoms with van der Waals surface area (Å²) in [6.45, 7) is 2.59. The van der Waals surface area contributed by atoms with Crippen molar-refractivity contribution in [1.29, 1.82) is 0 Å². The van der Waals surface area contributed by atoms with Gasteiger partial charge in [0.2, 0.25) is 5.91 Å². The first kappa shape index (κ1) is 28.5. The summed E-state index contributed by atoms with van der Waals surface area (Å²) < 4.78 is 1.35. The van der Waals surface area contributed by atoms with Gasteiger partial charge >= 0.3 is 0 Å². The smallest absolute Gasteiger partial charge is 0.279 e. The Hall–Kier alpha value is -4.60. The van der Waals surface area contributed by atoms with Crippen LogP contribution in [0.25, 0.3) is 16.5 Å². The predicted molar refractivity (Wildman–Crippen MR) is 164 cm³/mol. The summed E-state index contributed by atoms with van der Waals surface area (Å²) in [4.78, 5) is 42.9. The molecule has 6 rings (SSSR count). The van der Waals surface area contributed by atoms with E-state index in [0.717, 1.165) is 23.8 Å². The molecule has 0 aliphatic carbocycles. The molecule has 0 radical (unpaired) electrons. The number of nitrogens with zero attached hydrogens (tertiary/aromatic N) is 4. The molecule has 3 aromatic carbocycles. The summed E-state index contributed by atoms with van der Waals surface area (Å²) in [6.07, 6.45) is 6.90. The van der Waals surface area contributed by atoms with Gasteiger partial charge in [0.15, 0.2) is 5.60 Å². The van der Waals surface area contributed by atoms with Crippen molar-refractivity contribution >= 4 is 28.3 Å². The second-order valence-corrected chi connectivity index (χ2v) is 11.3. The van der Waals surface area contributed by atoms with E-state index in [1.165, 1.54) is 4.68 Å². The predicted octanol–water partition coefficient (Wildman–Crippen LogP) is 3.69. The van der Waals surface area contributed by atoms with E-state index in [-0.39, 0.29) is 37.1 Å². The number of carbonyl (C=O) groups is 2. The maximum Gasteiger partial charge on any atom is 0.279 e. The minimum Gasteiger partial charge on any atom is -0.394 e. The maximum absolute atomic E-state index is 13.9. The number of carbonyl (C=O) groups excluding carboxylic acids is 2. The molecule has 0 saturated carbocycles. The Balaban J connectivity index is 1.20. The minimum absolute atomic E-state index is 0.0473. The zero-order valence-corrected chi connectivity index (χ0v) is 24.0. The number of rotatable bonds is 8. The lowest BCUT2D eigenvalue weighted by atomic mass is 9.83. The Kier molecular flexibility index (Phi) is 7.68.